The van der Waals surface area contributed by atoms with Gasteiger partial charge in [-0.2, -0.15) is 0 Å². The molecule has 0 aromatic carbocycles. The van der Waals surface area contributed by atoms with Gasteiger partial charge in [-0.15, -0.1) is 0 Å². The molecule has 4 nitrogen and oxygen atoms in total. The van der Waals surface area contributed by atoms with Crippen molar-refractivity contribution in [2.45, 2.75) is 13.0 Å². The van der Waals surface area contributed by atoms with E-state index in [0.29, 0.717) is 0 Å². The van der Waals surface area contributed by atoms with Crippen LogP contribution >= 0.6 is 0 Å². The van der Waals surface area contributed by atoms with Gasteiger partial charge in [0.05, 0.1) is 5.69 Å². The van der Waals surface area contributed by atoms with Crippen molar-refractivity contribution in [1.82, 2.24) is 14.3 Å². The maximum atomic E-state index is 5.49. The summed E-state index contributed by atoms with van der Waals surface area (Å²) in [6.07, 6.45) is 5.13. The average Bonchev–Trinajstić information content (AvgIpc) is 2.68. The Balaban J connectivity index is 2.03. The van der Waals surface area contributed by atoms with Crippen LogP contribution in [0, 0.1) is 0 Å². The zero-order valence-corrected chi connectivity index (χ0v) is 9.63. The van der Waals surface area contributed by atoms with Gasteiger partial charge in [-0.25, -0.2) is 4.98 Å². The first kappa shape index (κ1) is 11.1. The van der Waals surface area contributed by atoms with Gasteiger partial charge in [0.2, 0.25) is 0 Å². The van der Waals surface area contributed by atoms with Crippen molar-refractivity contribution in [3.63, 3.8) is 0 Å². The highest BCUT2D eigenvalue weighted by Crippen LogP contribution is 2.06. The van der Waals surface area contributed by atoms with E-state index in [1.54, 1.807) is 0 Å². The highest BCUT2D eigenvalue weighted by Gasteiger charge is 2.04. The number of nitrogens with zero attached hydrogens (tertiary/aromatic N) is 3. The number of fused-ring (bicyclic) bond motifs is 1. The van der Waals surface area contributed by atoms with E-state index in [2.05, 4.69) is 23.1 Å². The van der Waals surface area contributed by atoms with Crippen LogP contribution < -0.4 is 5.73 Å². The zero-order chi connectivity index (χ0) is 11.4. The van der Waals surface area contributed by atoms with Crippen LogP contribution in [0.5, 0.6) is 0 Å². The van der Waals surface area contributed by atoms with Crippen LogP contribution in [-0.4, -0.2) is 34.4 Å². The van der Waals surface area contributed by atoms with E-state index in [-0.39, 0.29) is 0 Å². The average molecular weight is 218 g/mol. The minimum Gasteiger partial charge on any atom is -0.330 e. The van der Waals surface area contributed by atoms with Crippen molar-refractivity contribution in [2.75, 3.05) is 20.1 Å². The molecule has 0 unspecified atom stereocenters. The molecule has 2 heterocycles. The summed E-state index contributed by atoms with van der Waals surface area (Å²) >= 11 is 0. The number of nitrogens with two attached hydrogens (primary N) is 1. The standard InChI is InChI=1S/C12H18N4/c1-15(7-4-6-13)9-11-10-16-8-3-2-5-12(16)14-11/h2-3,5,8,10H,4,6-7,9,13H2,1H3. The van der Waals surface area contributed by atoms with Gasteiger partial charge < -0.3 is 15.0 Å². The lowest BCUT2D eigenvalue weighted by atomic mass is 10.3. The number of hydrogen-bond donors (Lipinski definition) is 1. The van der Waals surface area contributed by atoms with E-state index < -0.39 is 0 Å². The van der Waals surface area contributed by atoms with Gasteiger partial charge in [0.25, 0.3) is 0 Å². The first-order chi connectivity index (χ1) is 7.79. The molecule has 0 aliphatic carbocycles. The summed E-state index contributed by atoms with van der Waals surface area (Å²) in [5, 5.41) is 0. The SMILES string of the molecule is CN(CCCN)Cc1cn2ccccc2n1. The van der Waals surface area contributed by atoms with Gasteiger partial charge >= 0.3 is 0 Å². The van der Waals surface area contributed by atoms with Gasteiger partial charge in [0.15, 0.2) is 0 Å². The van der Waals surface area contributed by atoms with Crippen molar-refractivity contribution >= 4 is 5.65 Å². The van der Waals surface area contributed by atoms with Crippen LogP contribution in [0.1, 0.15) is 12.1 Å². The summed E-state index contributed by atoms with van der Waals surface area (Å²) in [7, 11) is 2.10. The van der Waals surface area contributed by atoms with E-state index in [9.17, 15) is 0 Å². The lowest BCUT2D eigenvalue weighted by Gasteiger charge is -2.13. The summed E-state index contributed by atoms with van der Waals surface area (Å²) in [5.41, 5.74) is 7.59. The molecule has 0 spiro atoms. The van der Waals surface area contributed by atoms with Crippen LogP contribution in [0.25, 0.3) is 5.65 Å². The summed E-state index contributed by atoms with van der Waals surface area (Å²) < 4.78 is 2.05. The second-order valence-electron chi connectivity index (χ2n) is 4.08. The van der Waals surface area contributed by atoms with Crippen molar-refractivity contribution in [3.8, 4) is 0 Å². The van der Waals surface area contributed by atoms with E-state index in [1.165, 1.54) is 0 Å². The molecule has 0 saturated carbocycles. The fraction of sp³-hybridized carbons (Fsp3) is 0.417. The lowest BCUT2D eigenvalue weighted by Crippen LogP contribution is -2.21. The molecule has 16 heavy (non-hydrogen) atoms. The Labute approximate surface area is 95.7 Å². The third-order valence-corrected chi connectivity index (χ3v) is 2.59. The van der Waals surface area contributed by atoms with Crippen LogP contribution in [0.2, 0.25) is 0 Å². The van der Waals surface area contributed by atoms with Crippen molar-refractivity contribution in [2.24, 2.45) is 5.73 Å². The molecule has 4 heteroatoms. The molecule has 0 radical (unpaired) electrons. The topological polar surface area (TPSA) is 46.6 Å². The molecule has 0 fully saturated rings. The highest BCUT2D eigenvalue weighted by molar-refractivity contribution is 5.39. The maximum absolute atomic E-state index is 5.49. The monoisotopic (exact) mass is 218 g/mol. The molecule has 0 aliphatic rings. The number of hydrogen-bond acceptors (Lipinski definition) is 3. The molecule has 0 bridgehead atoms. The van der Waals surface area contributed by atoms with E-state index in [0.717, 1.165) is 37.4 Å². The van der Waals surface area contributed by atoms with Gasteiger partial charge in [-0.05, 0) is 38.7 Å². The maximum Gasteiger partial charge on any atom is 0.137 e. The van der Waals surface area contributed by atoms with E-state index in [4.69, 9.17) is 5.73 Å². The quantitative estimate of drug-likeness (QED) is 0.818. The molecular weight excluding hydrogens is 200 g/mol. The third kappa shape index (κ3) is 2.59. The number of aromatic nitrogens is 2. The Hall–Kier alpha value is -1.39. The van der Waals surface area contributed by atoms with Crippen molar-refractivity contribution in [1.29, 1.82) is 0 Å². The molecular formula is C12H18N4. The Morgan fingerprint density at radius 3 is 3.06 bits per heavy atom. The second-order valence-corrected chi connectivity index (χ2v) is 4.08. The normalized spacial score (nSPS) is 11.4. The molecule has 2 N–H and O–H groups in total. The Morgan fingerprint density at radius 2 is 2.31 bits per heavy atom. The van der Waals surface area contributed by atoms with E-state index in [1.807, 2.05) is 28.8 Å². The number of pyridine rings is 1. The Bertz CT molecular complexity index is 416. The summed E-state index contributed by atoms with van der Waals surface area (Å²) in [6.45, 7) is 2.64. The van der Waals surface area contributed by atoms with Gasteiger partial charge in [0, 0.05) is 18.9 Å². The molecule has 2 aromatic rings. The molecule has 0 saturated heterocycles. The summed E-state index contributed by atoms with van der Waals surface area (Å²) in [5.74, 6) is 0. The van der Waals surface area contributed by atoms with Crippen LogP contribution in [0.3, 0.4) is 0 Å². The largest absolute Gasteiger partial charge is 0.330 e. The number of rotatable bonds is 5. The minimum absolute atomic E-state index is 0.746. The third-order valence-electron chi connectivity index (χ3n) is 2.59. The molecule has 2 aromatic heterocycles. The molecule has 2 rings (SSSR count). The fourth-order valence-corrected chi connectivity index (χ4v) is 1.78. The van der Waals surface area contributed by atoms with Crippen LogP contribution in [0.4, 0.5) is 0 Å². The van der Waals surface area contributed by atoms with Gasteiger partial charge in [0.1, 0.15) is 5.65 Å². The molecule has 0 atom stereocenters. The zero-order valence-electron chi connectivity index (χ0n) is 9.63. The second kappa shape index (κ2) is 5.09. The highest BCUT2D eigenvalue weighted by atomic mass is 15.1. The van der Waals surface area contributed by atoms with Crippen LogP contribution in [0.15, 0.2) is 30.6 Å². The van der Waals surface area contributed by atoms with E-state index >= 15 is 0 Å². The first-order valence-corrected chi connectivity index (χ1v) is 5.61. The minimum atomic E-state index is 0.746. The summed E-state index contributed by atoms with van der Waals surface area (Å²) in [4.78, 5) is 6.80. The molecule has 0 aliphatic heterocycles. The lowest BCUT2D eigenvalue weighted by molar-refractivity contribution is 0.321. The Morgan fingerprint density at radius 1 is 1.44 bits per heavy atom. The molecule has 86 valence electrons. The van der Waals surface area contributed by atoms with Crippen molar-refractivity contribution in [3.05, 3.63) is 36.3 Å². The predicted molar refractivity (Wildman–Crippen MR) is 65.2 cm³/mol. The fourth-order valence-electron chi connectivity index (χ4n) is 1.78. The smallest absolute Gasteiger partial charge is 0.137 e. The summed E-state index contributed by atoms with van der Waals surface area (Å²) in [6, 6.07) is 6.03. The van der Waals surface area contributed by atoms with Crippen LogP contribution in [-0.2, 0) is 6.54 Å². The van der Waals surface area contributed by atoms with Gasteiger partial charge in [-0.3, -0.25) is 0 Å². The molecule has 0 amide bonds. The van der Waals surface area contributed by atoms with Gasteiger partial charge in [-0.1, -0.05) is 6.07 Å². The van der Waals surface area contributed by atoms with Crippen molar-refractivity contribution < 1.29 is 0 Å². The number of imidazole rings is 1. The first-order valence-electron chi connectivity index (χ1n) is 5.61. The predicted octanol–water partition coefficient (Wildman–Crippen LogP) is 1.11. The Kier molecular flexibility index (Phi) is 3.54.